The van der Waals surface area contributed by atoms with Crippen LogP contribution in [0.4, 0.5) is 13.2 Å². The van der Waals surface area contributed by atoms with E-state index in [0.717, 1.165) is 0 Å². The maximum Gasteiger partial charge on any atom is 0.490 e. The van der Waals surface area contributed by atoms with Crippen molar-refractivity contribution in [3.05, 3.63) is 22.9 Å². The smallest absolute Gasteiger partial charge is 0.481 e. The van der Waals surface area contributed by atoms with Crippen molar-refractivity contribution in [3.63, 3.8) is 0 Å². The van der Waals surface area contributed by atoms with Crippen LogP contribution in [0.1, 0.15) is 32.1 Å². The number of carbonyl (C=O) groups is 6. The van der Waals surface area contributed by atoms with Gasteiger partial charge in [-0.2, -0.15) is 13.2 Å². The number of likely N-dealkylation sites (tertiary alicyclic amines) is 2. The summed E-state index contributed by atoms with van der Waals surface area (Å²) in [5.41, 5.74) is 6.63. The molecule has 40 heavy (non-hydrogen) atoms. The number of β-lactam (4-membered cyclic amide) rings is 1. The largest absolute Gasteiger partial charge is 0.490 e. The van der Waals surface area contributed by atoms with Gasteiger partial charge in [-0.3, -0.25) is 24.1 Å². The lowest BCUT2D eigenvalue weighted by atomic mass is 10.0. The predicted octanol–water partition coefficient (Wildman–Crippen LogP) is 0.215. The molecule has 5 N–H and O–H groups in total. The Morgan fingerprint density at radius 3 is 2.15 bits per heavy atom. The molecule has 0 aromatic rings. The van der Waals surface area contributed by atoms with Crippen molar-refractivity contribution in [1.82, 2.24) is 14.7 Å². The molecule has 0 spiro atoms. The minimum atomic E-state index is -5.08. The molecular formula is C23H27F3N4O9S. The van der Waals surface area contributed by atoms with Crippen LogP contribution in [0.15, 0.2) is 22.9 Å². The fourth-order valence-electron chi connectivity index (χ4n) is 4.78. The van der Waals surface area contributed by atoms with Crippen molar-refractivity contribution in [3.8, 4) is 0 Å². The summed E-state index contributed by atoms with van der Waals surface area (Å²) in [5, 5.41) is 25.2. The summed E-state index contributed by atoms with van der Waals surface area (Å²) in [6, 6.07) is -0.732. The number of thioether (sulfide) groups is 1. The molecule has 0 saturated carbocycles. The van der Waals surface area contributed by atoms with E-state index in [9.17, 15) is 42.3 Å². The molecule has 0 aliphatic carbocycles. The van der Waals surface area contributed by atoms with Crippen molar-refractivity contribution < 1.29 is 57.3 Å². The highest BCUT2D eigenvalue weighted by Gasteiger charge is 2.51. The zero-order chi connectivity index (χ0) is 29.9. The first-order valence-corrected chi connectivity index (χ1v) is 13.2. The number of hydrogen-bond donors (Lipinski definition) is 4. The lowest BCUT2D eigenvalue weighted by molar-refractivity contribution is -0.192. The van der Waals surface area contributed by atoms with Crippen molar-refractivity contribution >= 4 is 47.4 Å². The van der Waals surface area contributed by atoms with Crippen LogP contribution in [0.25, 0.3) is 0 Å². The van der Waals surface area contributed by atoms with E-state index in [2.05, 4.69) is 0 Å². The van der Waals surface area contributed by atoms with E-state index >= 15 is 0 Å². The fraction of sp³-hybridized carbons (Fsp3) is 0.565. The first kappa shape index (κ1) is 30.9. The Kier molecular flexibility index (Phi) is 9.50. The van der Waals surface area contributed by atoms with Gasteiger partial charge >= 0.3 is 24.1 Å². The predicted molar refractivity (Wildman–Crippen MR) is 130 cm³/mol. The highest BCUT2D eigenvalue weighted by atomic mass is 32.2. The summed E-state index contributed by atoms with van der Waals surface area (Å²) in [6.45, 7) is 1.45. The topological polar surface area (TPSA) is 199 Å². The zero-order valence-electron chi connectivity index (χ0n) is 20.9. The number of rotatable bonds is 6. The molecule has 4 rings (SSSR count). The highest BCUT2D eigenvalue weighted by molar-refractivity contribution is 8.00. The number of nitrogens with two attached hydrogens (primary N) is 1. The lowest BCUT2D eigenvalue weighted by Crippen LogP contribution is -2.68. The lowest BCUT2D eigenvalue weighted by Gasteiger charge is -2.47. The second-order valence-electron chi connectivity index (χ2n) is 9.34. The molecule has 4 heterocycles. The molecule has 0 bridgehead atoms. The van der Waals surface area contributed by atoms with Gasteiger partial charge in [-0.1, -0.05) is 0 Å². The molecule has 4 aliphatic rings. The average molecular weight is 593 g/mol. The normalized spacial score (nSPS) is 24.4. The number of aliphatic carboxylic acids is 3. The Morgan fingerprint density at radius 1 is 1.02 bits per heavy atom. The van der Waals surface area contributed by atoms with Crippen LogP contribution in [-0.4, -0.2) is 115 Å². The molecule has 3 fully saturated rings. The number of carboxylic acids is 3. The van der Waals surface area contributed by atoms with Crippen LogP contribution in [0.5, 0.6) is 0 Å². The third-order valence-corrected chi connectivity index (χ3v) is 8.12. The molecule has 0 aromatic heterocycles. The number of amides is 3. The summed E-state index contributed by atoms with van der Waals surface area (Å²) < 4.78 is 31.7. The van der Waals surface area contributed by atoms with Gasteiger partial charge in [0.1, 0.15) is 17.1 Å². The summed E-state index contributed by atoms with van der Waals surface area (Å²) in [4.78, 5) is 73.3. The molecule has 4 aliphatic heterocycles. The number of allylic oxidation sites excluding steroid dienone is 1. The highest BCUT2D eigenvalue weighted by Crippen LogP contribution is 2.40. The number of halogens is 3. The van der Waals surface area contributed by atoms with Gasteiger partial charge in [-0.05, 0) is 30.9 Å². The van der Waals surface area contributed by atoms with Crippen LogP contribution in [0, 0.1) is 0 Å². The van der Waals surface area contributed by atoms with Gasteiger partial charge in [0.25, 0.3) is 0 Å². The van der Waals surface area contributed by atoms with Crippen molar-refractivity contribution in [1.29, 1.82) is 0 Å². The maximum atomic E-state index is 13.1. The molecule has 3 saturated heterocycles. The quantitative estimate of drug-likeness (QED) is 0.243. The van der Waals surface area contributed by atoms with E-state index in [1.165, 1.54) is 16.7 Å². The van der Waals surface area contributed by atoms with Crippen LogP contribution < -0.4 is 5.73 Å². The Hall–Kier alpha value is -3.60. The molecule has 13 nitrogen and oxygen atoms in total. The molecule has 17 heteroatoms. The van der Waals surface area contributed by atoms with E-state index in [1.807, 2.05) is 0 Å². The molecule has 0 unspecified atom stereocenters. The summed E-state index contributed by atoms with van der Waals surface area (Å²) in [7, 11) is 0. The molecular weight excluding hydrogens is 565 g/mol. The van der Waals surface area contributed by atoms with Crippen LogP contribution in [0.3, 0.4) is 0 Å². The van der Waals surface area contributed by atoms with E-state index in [4.69, 9.17) is 20.7 Å². The van der Waals surface area contributed by atoms with Gasteiger partial charge in [0.2, 0.25) is 17.7 Å². The Morgan fingerprint density at radius 2 is 1.62 bits per heavy atom. The van der Waals surface area contributed by atoms with Crippen molar-refractivity contribution in [2.45, 2.75) is 55.7 Å². The van der Waals surface area contributed by atoms with Gasteiger partial charge in [0.05, 0.1) is 6.42 Å². The van der Waals surface area contributed by atoms with E-state index in [1.54, 1.807) is 15.9 Å². The average Bonchev–Trinajstić information content (AvgIpc) is 3.25. The Labute approximate surface area is 229 Å². The second kappa shape index (κ2) is 12.3. The monoisotopic (exact) mass is 592 g/mol. The van der Waals surface area contributed by atoms with Crippen molar-refractivity contribution in [2.24, 2.45) is 5.73 Å². The molecule has 220 valence electrons. The number of alkyl halides is 3. The first-order valence-electron chi connectivity index (χ1n) is 12.1. The van der Waals surface area contributed by atoms with Gasteiger partial charge in [0.15, 0.2) is 0 Å². The number of carbonyl (C=O) groups excluding carboxylic acids is 3. The summed E-state index contributed by atoms with van der Waals surface area (Å²) in [5.74, 6) is -5.38. The minimum absolute atomic E-state index is 0.0279. The number of nitrogens with zero attached hydrogens (tertiary/aromatic N) is 3. The van der Waals surface area contributed by atoms with Gasteiger partial charge in [0, 0.05) is 43.4 Å². The SMILES string of the molecule is N[C@@H]1C(=O)N2C(C(=O)O)=C(C=C3CCN(C4CCN(C(=O)CCC(=O)O)CC4)C3=O)CS[C@H]12.O=C(O)C(F)(F)F. The third kappa shape index (κ3) is 6.75. The van der Waals surface area contributed by atoms with E-state index in [0.29, 0.717) is 55.8 Å². The zero-order valence-corrected chi connectivity index (χ0v) is 21.7. The number of piperidine rings is 1. The molecule has 2 atom stereocenters. The first-order chi connectivity index (χ1) is 18.6. The third-order valence-electron chi connectivity index (χ3n) is 6.80. The fourth-order valence-corrected chi connectivity index (χ4v) is 6.03. The number of hydrogen-bond acceptors (Lipinski definition) is 8. The maximum absolute atomic E-state index is 13.1. The van der Waals surface area contributed by atoms with Crippen LogP contribution >= 0.6 is 11.8 Å². The number of fused-ring (bicyclic) bond motifs is 1. The standard InChI is InChI=1S/C21H26N4O7S.C2HF3O2/c22-16-19(30)25-17(21(31)32)12(10-33-20(16)25)9-11-3-8-24(18(11)29)13-4-6-23(7-5-13)14(26)1-2-15(27)28;3-2(4,5)1(6)7/h9,13,16,20H,1-8,10,22H2,(H,27,28)(H,31,32);(H,6,7)/t16-,20-;/m1./s1. The van der Waals surface area contributed by atoms with Crippen LogP contribution in [0.2, 0.25) is 0 Å². The van der Waals surface area contributed by atoms with E-state index < -0.39 is 36.0 Å². The molecule has 0 radical (unpaired) electrons. The van der Waals surface area contributed by atoms with Gasteiger partial charge < -0.3 is 30.9 Å². The Bertz CT molecular complexity index is 1160. The summed E-state index contributed by atoms with van der Waals surface area (Å²) >= 11 is 1.39. The van der Waals surface area contributed by atoms with E-state index in [-0.39, 0.29) is 41.8 Å². The Balaban J connectivity index is 0.000000559. The molecule has 0 aromatic carbocycles. The van der Waals surface area contributed by atoms with Crippen LogP contribution in [-0.2, 0) is 28.8 Å². The van der Waals surface area contributed by atoms with Gasteiger partial charge in [-0.25, -0.2) is 9.59 Å². The number of carboxylic acid groups (broad SMARTS) is 3. The molecule has 3 amide bonds. The minimum Gasteiger partial charge on any atom is -0.481 e. The second-order valence-corrected chi connectivity index (χ2v) is 10.4. The van der Waals surface area contributed by atoms with Gasteiger partial charge in [-0.15, -0.1) is 11.8 Å². The summed E-state index contributed by atoms with van der Waals surface area (Å²) in [6.07, 6.45) is -2.00. The van der Waals surface area contributed by atoms with Crippen molar-refractivity contribution in [2.75, 3.05) is 25.4 Å².